The van der Waals surface area contributed by atoms with Gasteiger partial charge in [-0.05, 0) is 54.0 Å². The van der Waals surface area contributed by atoms with Crippen molar-refractivity contribution in [3.8, 4) is 0 Å². The van der Waals surface area contributed by atoms with E-state index in [-0.39, 0.29) is 6.04 Å². The summed E-state index contributed by atoms with van der Waals surface area (Å²) in [7, 11) is 0. The van der Waals surface area contributed by atoms with E-state index in [1.165, 1.54) is 16.7 Å². The molecule has 3 heteroatoms. The number of hydrogen-bond acceptors (Lipinski definition) is 3. The highest BCUT2D eigenvalue weighted by molar-refractivity contribution is 6.01. The highest BCUT2D eigenvalue weighted by atomic mass is 15.5. The maximum atomic E-state index is 4.99. The number of hydrazone groups is 1. The van der Waals surface area contributed by atoms with Crippen LogP contribution < -0.4 is 5.01 Å². The number of nitrogens with zero attached hydrogens (tertiary/aromatic N) is 3. The molecule has 0 saturated heterocycles. The van der Waals surface area contributed by atoms with E-state index in [0.717, 1.165) is 29.1 Å². The van der Waals surface area contributed by atoms with Crippen molar-refractivity contribution in [3.63, 3.8) is 0 Å². The van der Waals surface area contributed by atoms with Crippen molar-refractivity contribution in [3.05, 3.63) is 138 Å². The van der Waals surface area contributed by atoms with Gasteiger partial charge in [-0.1, -0.05) is 96.6 Å². The largest absolute Gasteiger partial charge is 0.257 e. The molecule has 5 rings (SSSR count). The summed E-state index contributed by atoms with van der Waals surface area (Å²) in [4.78, 5) is 4.60. The van der Waals surface area contributed by atoms with Gasteiger partial charge in [0.1, 0.15) is 0 Å². The van der Waals surface area contributed by atoms with E-state index in [1.54, 1.807) is 0 Å². The van der Waals surface area contributed by atoms with Gasteiger partial charge in [0.05, 0.1) is 23.1 Å². The van der Waals surface area contributed by atoms with Crippen LogP contribution in [0.1, 0.15) is 34.7 Å². The van der Waals surface area contributed by atoms with Gasteiger partial charge in [-0.15, -0.1) is 0 Å². The number of hydrogen-bond donors (Lipinski definition) is 0. The summed E-state index contributed by atoms with van der Waals surface area (Å²) in [6.45, 7) is 2.08. The highest BCUT2D eigenvalue weighted by Crippen LogP contribution is 2.35. The number of aliphatic imine (C=N–C) groups is 1. The summed E-state index contributed by atoms with van der Waals surface area (Å²) in [5.41, 5.74) is 7.84. The van der Waals surface area contributed by atoms with Gasteiger partial charge in [0.2, 0.25) is 0 Å². The first-order valence-corrected chi connectivity index (χ1v) is 11.6. The number of anilines is 1. The topological polar surface area (TPSA) is 28.0 Å². The van der Waals surface area contributed by atoms with E-state index in [9.17, 15) is 0 Å². The predicted molar refractivity (Wildman–Crippen MR) is 144 cm³/mol. The molecule has 4 aromatic carbocycles. The van der Waals surface area contributed by atoms with E-state index in [0.29, 0.717) is 0 Å². The maximum Gasteiger partial charge on any atom is 0.0831 e. The molecule has 4 aromatic rings. The molecule has 1 heterocycles. The van der Waals surface area contributed by atoms with Crippen molar-refractivity contribution in [1.29, 1.82) is 0 Å². The van der Waals surface area contributed by atoms with Gasteiger partial charge >= 0.3 is 0 Å². The average molecular weight is 442 g/mol. The molecule has 3 nitrogen and oxygen atoms in total. The fourth-order valence-electron chi connectivity index (χ4n) is 4.06. The van der Waals surface area contributed by atoms with Crippen LogP contribution in [0.5, 0.6) is 0 Å². The molecule has 0 fully saturated rings. The molecule has 1 unspecified atom stereocenters. The minimum Gasteiger partial charge on any atom is -0.257 e. The van der Waals surface area contributed by atoms with Crippen LogP contribution in [0.2, 0.25) is 0 Å². The van der Waals surface area contributed by atoms with E-state index >= 15 is 0 Å². The van der Waals surface area contributed by atoms with Crippen LogP contribution in [0.15, 0.2) is 125 Å². The van der Waals surface area contributed by atoms with Gasteiger partial charge < -0.3 is 0 Å². The fraction of sp³-hybridized carbons (Fsp3) is 0.0968. The van der Waals surface area contributed by atoms with Crippen LogP contribution in [0.4, 0.5) is 11.4 Å². The first-order valence-electron chi connectivity index (χ1n) is 11.6. The maximum absolute atomic E-state index is 4.99. The van der Waals surface area contributed by atoms with Crippen LogP contribution in [-0.4, -0.2) is 11.9 Å². The third-order valence-electron chi connectivity index (χ3n) is 5.94. The van der Waals surface area contributed by atoms with Gasteiger partial charge in [0, 0.05) is 12.6 Å². The Bertz CT molecular complexity index is 1300. The molecular weight excluding hydrogens is 414 g/mol. The smallest absolute Gasteiger partial charge is 0.0831 e. The summed E-state index contributed by atoms with van der Waals surface area (Å²) in [5.74, 6) is 0. The molecular formula is C31H27N3. The van der Waals surface area contributed by atoms with Crippen molar-refractivity contribution in [2.75, 3.05) is 5.01 Å². The van der Waals surface area contributed by atoms with Crippen LogP contribution in [0, 0.1) is 6.92 Å². The zero-order valence-corrected chi connectivity index (χ0v) is 19.3. The lowest BCUT2D eigenvalue weighted by Crippen LogP contribution is -2.18. The minimum atomic E-state index is 0.170. The molecule has 0 N–H and O–H groups in total. The lowest BCUT2D eigenvalue weighted by molar-refractivity contribution is 0.709. The lowest BCUT2D eigenvalue weighted by atomic mass is 10.0. The molecule has 1 aliphatic heterocycles. The average Bonchev–Trinajstić information content (AvgIpc) is 3.33. The summed E-state index contributed by atoms with van der Waals surface area (Å²) in [6.07, 6.45) is 7.04. The van der Waals surface area contributed by atoms with Crippen LogP contribution in [-0.2, 0) is 0 Å². The number of aryl methyl sites for hydroxylation is 1. The second-order valence-corrected chi connectivity index (χ2v) is 8.50. The van der Waals surface area contributed by atoms with Gasteiger partial charge in [0.25, 0.3) is 0 Å². The van der Waals surface area contributed by atoms with E-state index in [4.69, 9.17) is 5.10 Å². The second-order valence-electron chi connectivity index (χ2n) is 8.50. The highest BCUT2D eigenvalue weighted by Gasteiger charge is 2.28. The quantitative estimate of drug-likeness (QED) is 0.281. The van der Waals surface area contributed by atoms with Gasteiger partial charge in [-0.25, -0.2) is 0 Å². The summed E-state index contributed by atoms with van der Waals surface area (Å²) < 4.78 is 0. The van der Waals surface area contributed by atoms with Crippen molar-refractivity contribution >= 4 is 29.4 Å². The third-order valence-corrected chi connectivity index (χ3v) is 5.94. The Labute approximate surface area is 201 Å². The standard InChI is InChI=1S/C31H27N3/c1-24-12-17-28(18-13-24)32-23-26-15-20-30(21-16-26)34-31(27-10-6-3-7-11-27)22-29(33-34)19-14-25-8-4-2-5-9-25/h2-21,23,31H,22H2,1H3. The first-order chi connectivity index (χ1) is 16.7. The SMILES string of the molecule is Cc1ccc(N=Cc2ccc(N3N=C(C=Cc4ccccc4)CC3c3ccccc3)cc2)cc1. The summed E-state index contributed by atoms with van der Waals surface area (Å²) >= 11 is 0. The normalized spacial score (nSPS) is 15.9. The third kappa shape index (κ3) is 5.21. The predicted octanol–water partition coefficient (Wildman–Crippen LogP) is 7.77. The number of allylic oxidation sites excluding steroid dienone is 1. The Balaban J connectivity index is 1.38. The van der Waals surface area contributed by atoms with Crippen molar-refractivity contribution in [2.24, 2.45) is 10.1 Å². The molecule has 0 saturated carbocycles. The number of benzene rings is 4. The fourth-order valence-corrected chi connectivity index (χ4v) is 4.06. The Morgan fingerprint density at radius 1 is 0.735 bits per heavy atom. The Morgan fingerprint density at radius 3 is 2.12 bits per heavy atom. The minimum absolute atomic E-state index is 0.170. The van der Waals surface area contributed by atoms with Crippen LogP contribution in [0.3, 0.4) is 0 Å². The van der Waals surface area contributed by atoms with E-state index in [1.807, 2.05) is 24.4 Å². The van der Waals surface area contributed by atoms with Crippen LogP contribution >= 0.6 is 0 Å². The lowest BCUT2D eigenvalue weighted by Gasteiger charge is -2.24. The molecule has 1 atom stereocenters. The zero-order valence-electron chi connectivity index (χ0n) is 19.3. The molecule has 0 amide bonds. The first kappa shape index (κ1) is 21.6. The monoisotopic (exact) mass is 441 g/mol. The molecule has 0 bridgehead atoms. The van der Waals surface area contributed by atoms with E-state index < -0.39 is 0 Å². The molecule has 166 valence electrons. The van der Waals surface area contributed by atoms with Gasteiger partial charge in [0.15, 0.2) is 0 Å². The summed E-state index contributed by atoms with van der Waals surface area (Å²) in [6, 6.07) is 37.8. The molecule has 0 spiro atoms. The molecule has 1 aliphatic rings. The number of rotatable bonds is 6. The molecule has 0 aromatic heterocycles. The van der Waals surface area contributed by atoms with Crippen molar-refractivity contribution < 1.29 is 0 Å². The Morgan fingerprint density at radius 2 is 1.41 bits per heavy atom. The second kappa shape index (κ2) is 10.1. The molecule has 34 heavy (non-hydrogen) atoms. The molecule has 0 aliphatic carbocycles. The Hall–Kier alpha value is -4.24. The van der Waals surface area contributed by atoms with Crippen molar-refractivity contribution in [1.82, 2.24) is 0 Å². The van der Waals surface area contributed by atoms with Crippen molar-refractivity contribution in [2.45, 2.75) is 19.4 Å². The van der Waals surface area contributed by atoms with Gasteiger partial charge in [-0.3, -0.25) is 10.0 Å². The van der Waals surface area contributed by atoms with Gasteiger partial charge in [-0.2, -0.15) is 5.10 Å². The zero-order chi connectivity index (χ0) is 23.2. The molecule has 0 radical (unpaired) electrons. The van der Waals surface area contributed by atoms with Crippen LogP contribution in [0.25, 0.3) is 6.08 Å². The summed E-state index contributed by atoms with van der Waals surface area (Å²) in [5, 5.41) is 7.13. The van der Waals surface area contributed by atoms with E-state index in [2.05, 4.69) is 120 Å². The Kier molecular flexibility index (Phi) is 6.44.